The number of morpholine rings is 1. The van der Waals surface area contributed by atoms with Crippen LogP contribution in [0.5, 0.6) is 0 Å². The van der Waals surface area contributed by atoms with Gasteiger partial charge < -0.3 is 10.1 Å². The average Bonchev–Trinajstić information content (AvgIpc) is 2.99. The predicted octanol–water partition coefficient (Wildman–Crippen LogP) is 0.459. The van der Waals surface area contributed by atoms with E-state index >= 15 is 0 Å². The van der Waals surface area contributed by atoms with Crippen molar-refractivity contribution < 1.29 is 4.74 Å². The van der Waals surface area contributed by atoms with Crippen LogP contribution >= 0.6 is 0 Å². The summed E-state index contributed by atoms with van der Waals surface area (Å²) >= 11 is 0. The zero-order chi connectivity index (χ0) is 9.10. The van der Waals surface area contributed by atoms with E-state index in [1.165, 1.54) is 12.8 Å². The molecular formula is C10H20N2O. The van der Waals surface area contributed by atoms with Gasteiger partial charge in [-0.05, 0) is 19.4 Å². The van der Waals surface area contributed by atoms with Crippen LogP contribution in [0.1, 0.15) is 19.8 Å². The molecule has 13 heavy (non-hydrogen) atoms. The largest absolute Gasteiger partial charge is 0.374 e. The molecule has 0 aromatic carbocycles. The van der Waals surface area contributed by atoms with Crippen molar-refractivity contribution in [1.29, 1.82) is 0 Å². The number of hydrogen-bond acceptors (Lipinski definition) is 3. The van der Waals surface area contributed by atoms with Gasteiger partial charge in [0.1, 0.15) is 0 Å². The van der Waals surface area contributed by atoms with Crippen LogP contribution in [0.2, 0.25) is 0 Å². The van der Waals surface area contributed by atoms with Gasteiger partial charge in [0.05, 0.1) is 12.7 Å². The summed E-state index contributed by atoms with van der Waals surface area (Å²) in [6.45, 7) is 7.54. The van der Waals surface area contributed by atoms with E-state index in [4.69, 9.17) is 4.74 Å². The maximum Gasteiger partial charge on any atom is 0.0826 e. The monoisotopic (exact) mass is 184 g/mol. The van der Waals surface area contributed by atoms with E-state index in [0.29, 0.717) is 6.10 Å². The predicted molar refractivity (Wildman–Crippen MR) is 52.9 cm³/mol. The number of nitrogens with one attached hydrogen (secondary N) is 1. The van der Waals surface area contributed by atoms with Crippen molar-refractivity contribution in [2.24, 2.45) is 0 Å². The second-order valence-corrected chi connectivity index (χ2v) is 4.07. The van der Waals surface area contributed by atoms with E-state index in [1.54, 1.807) is 0 Å². The zero-order valence-corrected chi connectivity index (χ0v) is 8.46. The SMILES string of the molecule is CCN1CCOC(CNC2CC2)C1. The van der Waals surface area contributed by atoms with E-state index in [0.717, 1.165) is 38.8 Å². The number of nitrogens with zero attached hydrogens (tertiary/aromatic N) is 1. The molecule has 0 aromatic rings. The molecule has 1 heterocycles. The number of likely N-dealkylation sites (N-methyl/N-ethyl adjacent to an activating group) is 1. The summed E-state index contributed by atoms with van der Waals surface area (Å²) in [6, 6.07) is 0.806. The minimum Gasteiger partial charge on any atom is -0.374 e. The molecule has 2 aliphatic rings. The Labute approximate surface area is 80.4 Å². The molecule has 1 aliphatic carbocycles. The molecule has 2 fully saturated rings. The molecule has 1 atom stereocenters. The molecule has 1 saturated heterocycles. The average molecular weight is 184 g/mol. The maximum atomic E-state index is 5.68. The van der Waals surface area contributed by atoms with Crippen LogP contribution in [-0.4, -0.2) is 49.8 Å². The van der Waals surface area contributed by atoms with Gasteiger partial charge in [0.15, 0.2) is 0 Å². The number of hydrogen-bond donors (Lipinski definition) is 1. The molecule has 2 rings (SSSR count). The van der Waals surface area contributed by atoms with E-state index < -0.39 is 0 Å². The zero-order valence-electron chi connectivity index (χ0n) is 8.46. The summed E-state index contributed by atoms with van der Waals surface area (Å²) in [6.07, 6.45) is 3.16. The second kappa shape index (κ2) is 4.40. The Morgan fingerprint density at radius 1 is 1.46 bits per heavy atom. The normalized spacial score (nSPS) is 30.7. The first-order valence-corrected chi connectivity index (χ1v) is 5.46. The Bertz CT molecular complexity index is 159. The molecular weight excluding hydrogens is 164 g/mol. The highest BCUT2D eigenvalue weighted by Crippen LogP contribution is 2.18. The van der Waals surface area contributed by atoms with Crippen molar-refractivity contribution >= 4 is 0 Å². The molecule has 1 unspecified atom stereocenters. The van der Waals surface area contributed by atoms with Crippen molar-refractivity contribution in [2.45, 2.75) is 31.9 Å². The number of rotatable bonds is 4. The van der Waals surface area contributed by atoms with Crippen LogP contribution in [-0.2, 0) is 4.74 Å². The first kappa shape index (κ1) is 9.44. The first-order chi connectivity index (χ1) is 6.38. The van der Waals surface area contributed by atoms with Crippen LogP contribution in [0.4, 0.5) is 0 Å². The molecule has 1 saturated carbocycles. The summed E-state index contributed by atoms with van der Waals surface area (Å²) in [5.74, 6) is 0. The first-order valence-electron chi connectivity index (χ1n) is 5.46. The Morgan fingerprint density at radius 2 is 2.31 bits per heavy atom. The van der Waals surface area contributed by atoms with Gasteiger partial charge in [-0.15, -0.1) is 0 Å². The molecule has 76 valence electrons. The van der Waals surface area contributed by atoms with Gasteiger partial charge in [-0.2, -0.15) is 0 Å². The lowest BCUT2D eigenvalue weighted by Gasteiger charge is -2.32. The summed E-state index contributed by atoms with van der Waals surface area (Å²) in [5.41, 5.74) is 0. The lowest BCUT2D eigenvalue weighted by atomic mass is 10.2. The third-order valence-corrected chi connectivity index (χ3v) is 2.88. The van der Waals surface area contributed by atoms with Crippen LogP contribution in [0.15, 0.2) is 0 Å². The Kier molecular flexibility index (Phi) is 3.19. The fourth-order valence-corrected chi connectivity index (χ4v) is 1.78. The molecule has 0 radical (unpaired) electrons. The maximum absolute atomic E-state index is 5.68. The third-order valence-electron chi connectivity index (χ3n) is 2.88. The quantitative estimate of drug-likeness (QED) is 0.687. The Hall–Kier alpha value is -0.120. The van der Waals surface area contributed by atoms with E-state index in [2.05, 4.69) is 17.1 Å². The molecule has 0 bridgehead atoms. The minimum absolute atomic E-state index is 0.425. The van der Waals surface area contributed by atoms with Gasteiger partial charge in [-0.25, -0.2) is 0 Å². The van der Waals surface area contributed by atoms with Crippen LogP contribution < -0.4 is 5.32 Å². The fourth-order valence-electron chi connectivity index (χ4n) is 1.78. The van der Waals surface area contributed by atoms with Gasteiger partial charge >= 0.3 is 0 Å². The van der Waals surface area contributed by atoms with Crippen molar-refractivity contribution in [1.82, 2.24) is 10.2 Å². The summed E-state index contributed by atoms with van der Waals surface area (Å²) in [7, 11) is 0. The van der Waals surface area contributed by atoms with Crippen LogP contribution in [0.25, 0.3) is 0 Å². The topological polar surface area (TPSA) is 24.5 Å². The van der Waals surface area contributed by atoms with Crippen molar-refractivity contribution in [3.63, 3.8) is 0 Å². The van der Waals surface area contributed by atoms with E-state index in [9.17, 15) is 0 Å². The lowest BCUT2D eigenvalue weighted by molar-refractivity contribution is -0.0253. The van der Waals surface area contributed by atoms with Gasteiger partial charge in [0, 0.05) is 25.7 Å². The fraction of sp³-hybridized carbons (Fsp3) is 1.00. The lowest BCUT2D eigenvalue weighted by Crippen LogP contribution is -2.46. The van der Waals surface area contributed by atoms with Crippen LogP contribution in [0.3, 0.4) is 0 Å². The minimum atomic E-state index is 0.425. The summed E-state index contributed by atoms with van der Waals surface area (Å²) < 4.78 is 5.68. The molecule has 1 aliphatic heterocycles. The van der Waals surface area contributed by atoms with Crippen molar-refractivity contribution in [3.8, 4) is 0 Å². The smallest absolute Gasteiger partial charge is 0.0826 e. The summed E-state index contributed by atoms with van der Waals surface area (Å²) in [4.78, 5) is 2.46. The Morgan fingerprint density at radius 3 is 3.00 bits per heavy atom. The van der Waals surface area contributed by atoms with E-state index in [-0.39, 0.29) is 0 Å². The number of ether oxygens (including phenoxy) is 1. The standard InChI is InChI=1S/C10H20N2O/c1-2-12-5-6-13-10(8-12)7-11-9-3-4-9/h9-11H,2-8H2,1H3. The van der Waals surface area contributed by atoms with Crippen molar-refractivity contribution in [3.05, 3.63) is 0 Å². The molecule has 0 amide bonds. The highest BCUT2D eigenvalue weighted by molar-refractivity contribution is 4.83. The molecule has 3 nitrogen and oxygen atoms in total. The molecule has 0 spiro atoms. The molecule has 0 aromatic heterocycles. The Balaban J connectivity index is 1.65. The molecule has 1 N–H and O–H groups in total. The van der Waals surface area contributed by atoms with Crippen LogP contribution in [0, 0.1) is 0 Å². The van der Waals surface area contributed by atoms with Gasteiger partial charge in [0.2, 0.25) is 0 Å². The summed E-state index contributed by atoms with van der Waals surface area (Å²) in [5, 5.41) is 3.52. The van der Waals surface area contributed by atoms with E-state index in [1.807, 2.05) is 0 Å². The van der Waals surface area contributed by atoms with Gasteiger partial charge in [-0.3, -0.25) is 4.90 Å². The molecule has 3 heteroatoms. The highest BCUT2D eigenvalue weighted by Gasteiger charge is 2.24. The van der Waals surface area contributed by atoms with Gasteiger partial charge in [0.25, 0.3) is 0 Å². The third kappa shape index (κ3) is 2.93. The second-order valence-electron chi connectivity index (χ2n) is 4.07. The van der Waals surface area contributed by atoms with Crippen molar-refractivity contribution in [2.75, 3.05) is 32.8 Å². The van der Waals surface area contributed by atoms with Gasteiger partial charge in [-0.1, -0.05) is 6.92 Å². The highest BCUT2D eigenvalue weighted by atomic mass is 16.5.